The molecule has 2 aromatic heterocycles. The van der Waals surface area contributed by atoms with Crippen molar-refractivity contribution in [3.05, 3.63) is 29.0 Å². The predicted molar refractivity (Wildman–Crippen MR) is 96.1 cm³/mol. The van der Waals surface area contributed by atoms with Crippen LogP contribution in [-0.2, 0) is 10.0 Å². The van der Waals surface area contributed by atoms with Crippen molar-refractivity contribution in [2.24, 2.45) is 15.4 Å². The summed E-state index contributed by atoms with van der Waals surface area (Å²) in [6, 6.07) is 3.23. The van der Waals surface area contributed by atoms with Gasteiger partial charge in [-0.1, -0.05) is 11.6 Å². The normalized spacial score (nSPS) is 14.8. The highest BCUT2D eigenvalue weighted by Gasteiger charge is 2.34. The lowest BCUT2D eigenvalue weighted by Gasteiger charge is -2.21. The molecule has 0 unspecified atom stereocenters. The molecule has 0 aromatic carbocycles. The number of aromatic nitrogens is 2. The summed E-state index contributed by atoms with van der Waals surface area (Å²) in [5.74, 6) is 0.512. The molecule has 134 valence electrons. The number of nitrogens with zero attached hydrogens (tertiary/aromatic N) is 4. The molecule has 2 aromatic rings. The third-order valence-corrected chi connectivity index (χ3v) is 6.50. The molecule has 0 radical (unpaired) electrons. The van der Waals surface area contributed by atoms with E-state index in [1.54, 1.807) is 32.9 Å². The van der Waals surface area contributed by atoms with Gasteiger partial charge in [0, 0.05) is 12.3 Å². The van der Waals surface area contributed by atoms with E-state index in [1.807, 2.05) is 0 Å². The van der Waals surface area contributed by atoms with E-state index in [4.69, 9.17) is 16.3 Å². The van der Waals surface area contributed by atoms with Crippen molar-refractivity contribution < 1.29 is 13.2 Å². The smallest absolute Gasteiger partial charge is 0.244 e. The van der Waals surface area contributed by atoms with Gasteiger partial charge >= 0.3 is 0 Å². The van der Waals surface area contributed by atoms with Gasteiger partial charge in [-0.05, 0) is 32.1 Å². The molecule has 0 bridgehead atoms. The average molecular weight is 384 g/mol. The second-order valence-electron chi connectivity index (χ2n) is 6.49. The van der Waals surface area contributed by atoms with Gasteiger partial charge in [-0.15, -0.1) is 5.10 Å². The molecule has 1 N–H and O–H groups in total. The Morgan fingerprint density at radius 1 is 1.36 bits per heavy atom. The van der Waals surface area contributed by atoms with Crippen LogP contribution < -0.4 is 4.74 Å². The number of hydrogen-bond acceptors (Lipinski definition) is 6. The first kappa shape index (κ1) is 17.7. The minimum atomic E-state index is -3.66. The van der Waals surface area contributed by atoms with Crippen molar-refractivity contribution in [3.8, 4) is 17.1 Å². The lowest BCUT2D eigenvalue weighted by molar-refractivity contribution is 0.414. The zero-order valence-electron chi connectivity index (χ0n) is 14.2. The number of hydrogen-bond donors (Lipinski definition) is 1. The van der Waals surface area contributed by atoms with Crippen LogP contribution in [0.1, 0.15) is 26.5 Å². The van der Waals surface area contributed by atoms with Crippen molar-refractivity contribution in [1.29, 1.82) is 0 Å². The average Bonchev–Trinajstić information content (AvgIpc) is 3.23. The highest BCUT2D eigenvalue weighted by Crippen LogP contribution is 2.36. The standard InChI is InChI=1S/C15H18ClN5O3S/c1-15(2,3)25(22,23)21-6-5-9(16)14(21)10-7-12(24-4)13(18-10)11-8-17-20-19-11/h5-7,18H,8H2,1-4H3. The second-order valence-corrected chi connectivity index (χ2v) is 9.46. The number of H-pyrrole nitrogens is 1. The second kappa shape index (κ2) is 5.99. The van der Waals surface area contributed by atoms with Gasteiger partial charge in [-0.25, -0.2) is 12.4 Å². The van der Waals surface area contributed by atoms with Crippen LogP contribution in [0.5, 0.6) is 5.75 Å². The third-order valence-electron chi connectivity index (χ3n) is 3.83. The number of methoxy groups -OCH3 is 1. The van der Waals surface area contributed by atoms with E-state index in [0.29, 0.717) is 40.1 Å². The Labute approximate surface area is 150 Å². The van der Waals surface area contributed by atoms with Crippen molar-refractivity contribution in [2.45, 2.75) is 25.5 Å². The predicted octanol–water partition coefficient (Wildman–Crippen LogP) is 3.29. The van der Waals surface area contributed by atoms with E-state index < -0.39 is 14.8 Å². The first-order chi connectivity index (χ1) is 11.7. The summed E-state index contributed by atoms with van der Waals surface area (Å²) in [4.78, 5) is 3.14. The molecule has 8 nitrogen and oxygen atoms in total. The van der Waals surface area contributed by atoms with Gasteiger partial charge in [0.15, 0.2) is 0 Å². The molecule has 25 heavy (non-hydrogen) atoms. The maximum absolute atomic E-state index is 12.9. The minimum Gasteiger partial charge on any atom is -0.494 e. The molecule has 0 saturated carbocycles. The van der Waals surface area contributed by atoms with Crippen LogP contribution in [0.4, 0.5) is 0 Å². The summed E-state index contributed by atoms with van der Waals surface area (Å²) in [5.41, 5.74) is 2.05. The highest BCUT2D eigenvalue weighted by atomic mass is 35.5. The van der Waals surface area contributed by atoms with E-state index in [9.17, 15) is 8.42 Å². The third kappa shape index (κ3) is 2.87. The van der Waals surface area contributed by atoms with E-state index in [2.05, 4.69) is 20.4 Å². The molecule has 0 aliphatic carbocycles. The lowest BCUT2D eigenvalue weighted by Crippen LogP contribution is -2.33. The van der Waals surface area contributed by atoms with Crippen LogP contribution in [-0.4, -0.2) is 41.5 Å². The molecule has 10 heteroatoms. The largest absolute Gasteiger partial charge is 0.494 e. The Bertz CT molecular complexity index is 979. The topological polar surface area (TPSA) is 101 Å². The monoisotopic (exact) mass is 383 g/mol. The SMILES string of the molecule is COc1cc(-c2c(Cl)ccn2S(=O)(=O)C(C)(C)C)[nH]c1C1=NN=NC1. The van der Waals surface area contributed by atoms with Gasteiger partial charge < -0.3 is 9.72 Å². The fourth-order valence-corrected chi connectivity index (χ4v) is 3.97. The highest BCUT2D eigenvalue weighted by molar-refractivity contribution is 7.91. The van der Waals surface area contributed by atoms with Crippen molar-refractivity contribution >= 4 is 27.3 Å². The molecule has 1 aliphatic heterocycles. The van der Waals surface area contributed by atoms with Crippen LogP contribution in [0.15, 0.2) is 33.8 Å². The van der Waals surface area contributed by atoms with Gasteiger partial charge in [0.25, 0.3) is 0 Å². The van der Waals surface area contributed by atoms with E-state index in [1.165, 1.54) is 17.3 Å². The number of ether oxygens (including phenoxy) is 1. The quantitative estimate of drug-likeness (QED) is 0.876. The number of aromatic amines is 1. The molecular formula is C15H18ClN5O3S. The molecule has 0 amide bonds. The van der Waals surface area contributed by atoms with Crippen molar-refractivity contribution in [1.82, 2.24) is 8.96 Å². The molecule has 0 atom stereocenters. The summed E-state index contributed by atoms with van der Waals surface area (Å²) in [6.45, 7) is 5.23. The Morgan fingerprint density at radius 2 is 2.08 bits per heavy atom. The zero-order valence-corrected chi connectivity index (χ0v) is 15.8. The van der Waals surface area contributed by atoms with Crippen LogP contribution in [0.2, 0.25) is 5.02 Å². The Morgan fingerprint density at radius 3 is 2.64 bits per heavy atom. The van der Waals surface area contributed by atoms with Crippen LogP contribution in [0, 0.1) is 0 Å². The maximum atomic E-state index is 12.9. The number of halogens is 1. The van der Waals surface area contributed by atoms with Gasteiger partial charge in [-0.2, -0.15) is 5.11 Å². The minimum absolute atomic E-state index is 0.311. The Balaban J connectivity index is 2.18. The van der Waals surface area contributed by atoms with E-state index >= 15 is 0 Å². The van der Waals surface area contributed by atoms with Gasteiger partial charge in [0.05, 0.1) is 28.3 Å². The zero-order chi connectivity index (χ0) is 18.4. The molecule has 0 saturated heterocycles. The fourth-order valence-electron chi connectivity index (χ4n) is 2.42. The summed E-state index contributed by atoms with van der Waals surface area (Å²) < 4.78 is 31.3. The molecule has 0 fully saturated rings. The van der Waals surface area contributed by atoms with Crippen LogP contribution >= 0.6 is 11.6 Å². The van der Waals surface area contributed by atoms with Crippen LogP contribution in [0.3, 0.4) is 0 Å². The van der Waals surface area contributed by atoms with Gasteiger partial charge in [-0.3, -0.25) is 0 Å². The summed E-state index contributed by atoms with van der Waals surface area (Å²) in [6.07, 6.45) is 1.45. The van der Waals surface area contributed by atoms with Crippen molar-refractivity contribution in [2.75, 3.05) is 13.7 Å². The lowest BCUT2D eigenvalue weighted by atomic mass is 10.2. The van der Waals surface area contributed by atoms with E-state index in [0.717, 1.165) is 0 Å². The Kier molecular flexibility index (Phi) is 4.24. The number of rotatable bonds is 4. The van der Waals surface area contributed by atoms with Crippen LogP contribution in [0.25, 0.3) is 11.4 Å². The van der Waals surface area contributed by atoms with Crippen molar-refractivity contribution in [3.63, 3.8) is 0 Å². The molecule has 3 rings (SSSR count). The van der Waals surface area contributed by atoms with Gasteiger partial charge in [0.2, 0.25) is 10.0 Å². The number of nitrogens with one attached hydrogen (secondary N) is 1. The first-order valence-electron chi connectivity index (χ1n) is 7.50. The van der Waals surface area contributed by atoms with E-state index in [-0.39, 0.29) is 0 Å². The fraction of sp³-hybridized carbons (Fsp3) is 0.400. The molecule has 3 heterocycles. The summed E-state index contributed by atoms with van der Waals surface area (Å²) in [5, 5.41) is 11.7. The molecule has 1 aliphatic rings. The molecule has 0 spiro atoms. The Hall–Kier alpha value is -2.13. The summed E-state index contributed by atoms with van der Waals surface area (Å²) in [7, 11) is -2.14. The van der Waals surface area contributed by atoms with Gasteiger partial charge in [0.1, 0.15) is 23.7 Å². The molecular weight excluding hydrogens is 366 g/mol. The maximum Gasteiger partial charge on any atom is 0.244 e. The summed E-state index contributed by atoms with van der Waals surface area (Å²) >= 11 is 6.29. The first-order valence-corrected chi connectivity index (χ1v) is 9.31.